The summed E-state index contributed by atoms with van der Waals surface area (Å²) >= 11 is 0. The second-order valence-electron chi connectivity index (χ2n) is 5.26. The molecule has 3 aromatic rings. The molecule has 0 unspecified atom stereocenters. The Morgan fingerprint density at radius 1 is 1.12 bits per heavy atom. The fourth-order valence-corrected chi connectivity index (χ4v) is 2.32. The maximum atomic E-state index is 5.42. The van der Waals surface area contributed by atoms with E-state index in [1.54, 1.807) is 24.2 Å². The zero-order valence-corrected chi connectivity index (χ0v) is 14.8. The average Bonchev–Trinajstić information content (AvgIpc) is 3.13. The van der Waals surface area contributed by atoms with Crippen LogP contribution in [-0.4, -0.2) is 52.7 Å². The Hall–Kier alpha value is -3.20. The van der Waals surface area contributed by atoms with Gasteiger partial charge in [0, 0.05) is 19.5 Å². The van der Waals surface area contributed by atoms with Gasteiger partial charge in [-0.15, -0.1) is 0 Å². The van der Waals surface area contributed by atoms with E-state index in [4.69, 9.17) is 14.2 Å². The van der Waals surface area contributed by atoms with Crippen molar-refractivity contribution in [2.75, 3.05) is 33.3 Å². The van der Waals surface area contributed by atoms with Crippen LogP contribution in [0.4, 0.5) is 11.5 Å². The fraction of sp³-hybridized carbons (Fsp3) is 0.294. The average molecular weight is 356 g/mol. The SMILES string of the molecule is COCCn1cc(Nc2nc(-c3ccccn3)nc(OC)c2OC)cn1. The molecule has 0 aliphatic rings. The van der Waals surface area contributed by atoms with E-state index in [9.17, 15) is 0 Å². The molecule has 0 spiro atoms. The number of hydrogen-bond donors (Lipinski definition) is 1. The third-order valence-corrected chi connectivity index (χ3v) is 3.55. The van der Waals surface area contributed by atoms with Crippen LogP contribution in [0.1, 0.15) is 0 Å². The Morgan fingerprint density at radius 2 is 2.00 bits per heavy atom. The highest BCUT2D eigenvalue weighted by atomic mass is 16.5. The smallest absolute Gasteiger partial charge is 0.262 e. The maximum Gasteiger partial charge on any atom is 0.262 e. The van der Waals surface area contributed by atoms with Crippen LogP contribution >= 0.6 is 0 Å². The van der Waals surface area contributed by atoms with Crippen molar-refractivity contribution < 1.29 is 14.2 Å². The molecule has 0 radical (unpaired) electrons. The highest BCUT2D eigenvalue weighted by Gasteiger charge is 2.18. The predicted octanol–water partition coefficient (Wildman–Crippen LogP) is 2.14. The number of nitrogens with zero attached hydrogens (tertiary/aromatic N) is 5. The number of aromatic nitrogens is 5. The van der Waals surface area contributed by atoms with Gasteiger partial charge in [-0.05, 0) is 12.1 Å². The van der Waals surface area contributed by atoms with Crippen LogP contribution in [0.3, 0.4) is 0 Å². The first-order chi connectivity index (χ1) is 12.7. The number of methoxy groups -OCH3 is 3. The first-order valence-electron chi connectivity index (χ1n) is 7.95. The normalized spacial score (nSPS) is 10.6. The molecule has 9 nitrogen and oxygen atoms in total. The van der Waals surface area contributed by atoms with Gasteiger partial charge in [0.25, 0.3) is 5.88 Å². The number of pyridine rings is 1. The summed E-state index contributed by atoms with van der Waals surface area (Å²) < 4.78 is 17.6. The Labute approximate surface area is 151 Å². The largest absolute Gasteiger partial charge is 0.489 e. The molecule has 0 bridgehead atoms. The van der Waals surface area contributed by atoms with Crippen molar-refractivity contribution in [1.29, 1.82) is 0 Å². The maximum absolute atomic E-state index is 5.42. The minimum atomic E-state index is 0.317. The van der Waals surface area contributed by atoms with E-state index < -0.39 is 0 Å². The zero-order valence-electron chi connectivity index (χ0n) is 14.8. The summed E-state index contributed by atoms with van der Waals surface area (Å²) in [5.74, 6) is 1.61. The molecule has 0 saturated heterocycles. The standard InChI is InChI=1S/C17H20N6O3/c1-24-9-8-23-11-12(10-19-23)20-16-14(25-2)17(26-3)22-15(21-16)13-6-4-5-7-18-13/h4-7,10-11H,8-9H2,1-3H3,(H,20,21,22). The molecule has 26 heavy (non-hydrogen) atoms. The summed E-state index contributed by atoms with van der Waals surface area (Å²) in [6.07, 6.45) is 5.24. The summed E-state index contributed by atoms with van der Waals surface area (Å²) in [5.41, 5.74) is 1.39. The van der Waals surface area contributed by atoms with Crippen molar-refractivity contribution in [2.45, 2.75) is 6.54 Å². The predicted molar refractivity (Wildman–Crippen MR) is 95.8 cm³/mol. The van der Waals surface area contributed by atoms with Gasteiger partial charge in [-0.25, -0.2) is 4.98 Å². The van der Waals surface area contributed by atoms with Gasteiger partial charge in [0.05, 0.1) is 39.3 Å². The van der Waals surface area contributed by atoms with Crippen molar-refractivity contribution in [3.05, 3.63) is 36.8 Å². The fourth-order valence-electron chi connectivity index (χ4n) is 2.32. The summed E-state index contributed by atoms with van der Waals surface area (Å²) in [6.45, 7) is 1.23. The van der Waals surface area contributed by atoms with Crippen LogP contribution in [-0.2, 0) is 11.3 Å². The van der Waals surface area contributed by atoms with E-state index in [1.165, 1.54) is 14.2 Å². The van der Waals surface area contributed by atoms with Crippen LogP contribution in [0.5, 0.6) is 11.6 Å². The molecule has 136 valence electrons. The Morgan fingerprint density at radius 3 is 2.69 bits per heavy atom. The summed E-state index contributed by atoms with van der Waals surface area (Å²) in [5, 5.41) is 7.47. The summed E-state index contributed by atoms with van der Waals surface area (Å²) in [4.78, 5) is 13.2. The van der Waals surface area contributed by atoms with Crippen molar-refractivity contribution in [2.24, 2.45) is 0 Å². The molecule has 1 N–H and O–H groups in total. The third kappa shape index (κ3) is 3.89. The second kappa shape index (κ2) is 8.26. The lowest BCUT2D eigenvalue weighted by Crippen LogP contribution is -2.05. The van der Waals surface area contributed by atoms with Gasteiger partial charge in [0.2, 0.25) is 5.75 Å². The van der Waals surface area contributed by atoms with E-state index in [1.807, 2.05) is 24.4 Å². The lowest BCUT2D eigenvalue weighted by atomic mass is 10.3. The van der Waals surface area contributed by atoms with Gasteiger partial charge >= 0.3 is 0 Å². The van der Waals surface area contributed by atoms with Crippen LogP contribution in [0.15, 0.2) is 36.8 Å². The van der Waals surface area contributed by atoms with Gasteiger partial charge in [0.15, 0.2) is 11.6 Å². The lowest BCUT2D eigenvalue weighted by molar-refractivity contribution is 0.183. The highest BCUT2D eigenvalue weighted by Crippen LogP contribution is 2.35. The van der Waals surface area contributed by atoms with E-state index in [0.717, 1.165) is 5.69 Å². The van der Waals surface area contributed by atoms with Gasteiger partial charge in [-0.1, -0.05) is 6.07 Å². The number of nitrogens with one attached hydrogen (secondary N) is 1. The van der Waals surface area contributed by atoms with E-state index >= 15 is 0 Å². The number of ether oxygens (including phenoxy) is 3. The third-order valence-electron chi connectivity index (χ3n) is 3.55. The monoisotopic (exact) mass is 356 g/mol. The van der Waals surface area contributed by atoms with Crippen molar-refractivity contribution in [3.63, 3.8) is 0 Å². The van der Waals surface area contributed by atoms with Crippen molar-refractivity contribution in [3.8, 4) is 23.1 Å². The van der Waals surface area contributed by atoms with Gasteiger partial charge in [0.1, 0.15) is 5.69 Å². The second-order valence-corrected chi connectivity index (χ2v) is 5.26. The van der Waals surface area contributed by atoms with Gasteiger partial charge in [-0.2, -0.15) is 10.1 Å². The van der Waals surface area contributed by atoms with Gasteiger partial charge in [-0.3, -0.25) is 9.67 Å². The van der Waals surface area contributed by atoms with Crippen LogP contribution < -0.4 is 14.8 Å². The summed E-state index contributed by atoms with van der Waals surface area (Å²) in [7, 11) is 4.72. The van der Waals surface area contributed by atoms with Gasteiger partial charge < -0.3 is 19.5 Å². The van der Waals surface area contributed by atoms with E-state index in [2.05, 4.69) is 25.4 Å². The van der Waals surface area contributed by atoms with Crippen LogP contribution in [0.25, 0.3) is 11.5 Å². The molecule has 3 rings (SSSR count). The van der Waals surface area contributed by atoms with E-state index in [-0.39, 0.29) is 0 Å². The first kappa shape index (κ1) is 17.6. The number of rotatable bonds is 8. The highest BCUT2D eigenvalue weighted by molar-refractivity contribution is 5.67. The van der Waals surface area contributed by atoms with Crippen LogP contribution in [0, 0.1) is 0 Å². The number of hydrogen-bond acceptors (Lipinski definition) is 8. The molecule has 0 aromatic carbocycles. The quantitative estimate of drug-likeness (QED) is 0.656. The lowest BCUT2D eigenvalue weighted by Gasteiger charge is -2.13. The molecule has 3 aromatic heterocycles. The molecular formula is C17H20N6O3. The minimum Gasteiger partial charge on any atom is -0.489 e. The minimum absolute atomic E-state index is 0.317. The summed E-state index contributed by atoms with van der Waals surface area (Å²) in [6, 6.07) is 5.53. The molecular weight excluding hydrogens is 336 g/mol. The molecule has 0 saturated carbocycles. The molecule has 0 atom stereocenters. The Balaban J connectivity index is 1.95. The van der Waals surface area contributed by atoms with Crippen molar-refractivity contribution in [1.82, 2.24) is 24.7 Å². The van der Waals surface area contributed by atoms with E-state index in [0.29, 0.717) is 42.1 Å². The molecule has 3 heterocycles. The molecule has 0 aliphatic heterocycles. The zero-order chi connectivity index (χ0) is 18.4. The first-order valence-corrected chi connectivity index (χ1v) is 7.95. The molecule has 9 heteroatoms. The molecule has 0 fully saturated rings. The topological polar surface area (TPSA) is 96.2 Å². The molecule has 0 amide bonds. The number of anilines is 2. The van der Waals surface area contributed by atoms with Crippen molar-refractivity contribution >= 4 is 11.5 Å². The molecule has 0 aliphatic carbocycles. The van der Waals surface area contributed by atoms with Crippen LogP contribution in [0.2, 0.25) is 0 Å². The Bertz CT molecular complexity index is 853. The Kier molecular flexibility index (Phi) is 5.59.